The van der Waals surface area contributed by atoms with Crippen LogP contribution in [0.5, 0.6) is 0 Å². The third-order valence-electron chi connectivity index (χ3n) is 5.10. The molecule has 0 saturated carbocycles. The number of nitrogens with one attached hydrogen (secondary N) is 1. The van der Waals surface area contributed by atoms with Gasteiger partial charge in [-0.3, -0.25) is 9.59 Å². The molecule has 0 bridgehead atoms. The van der Waals surface area contributed by atoms with E-state index in [9.17, 15) is 9.59 Å². The number of amides is 2. The molecule has 0 spiro atoms. The molecule has 2 aromatic rings. The molecule has 2 heterocycles. The lowest BCUT2D eigenvalue weighted by Crippen LogP contribution is -2.48. The highest BCUT2D eigenvalue weighted by Gasteiger charge is 2.56. The normalized spacial score (nSPS) is 24.6. The molecule has 4 rings (SSSR count). The van der Waals surface area contributed by atoms with Crippen LogP contribution in [-0.4, -0.2) is 28.5 Å². The Bertz CT molecular complexity index is 873. The number of hydrogen-bond donors (Lipinski definition) is 1. The number of carbonyl (C=O) groups excluding carboxylic acids is 2. The molecule has 2 fully saturated rings. The summed E-state index contributed by atoms with van der Waals surface area (Å²) in [6.07, 6.45) is 1.22. The summed E-state index contributed by atoms with van der Waals surface area (Å²) in [5.41, 5.74) is 2.72. The van der Waals surface area contributed by atoms with Crippen LogP contribution < -0.4 is 5.32 Å². The number of aryl methyl sites for hydroxylation is 1. The summed E-state index contributed by atoms with van der Waals surface area (Å²) in [5.74, 6) is 0.502. The smallest absolute Gasteiger partial charge is 0.248 e. The standard InChI is InChI=1S/C20H19ClN2O2S/c1-13-11-15(21)7-8-16(13)22-19(25)17-12-26-20(10-9-18(24)23(17)20)14-5-3-2-4-6-14/h2-8,11,17H,9-10,12H2,1H3,(H,22,25)/t17-,20-/m1/s1. The van der Waals surface area contributed by atoms with Crippen LogP contribution >= 0.6 is 23.4 Å². The molecule has 0 aliphatic carbocycles. The van der Waals surface area contributed by atoms with Gasteiger partial charge >= 0.3 is 0 Å². The first-order valence-electron chi connectivity index (χ1n) is 8.60. The predicted octanol–water partition coefficient (Wildman–Crippen LogP) is 4.18. The molecular weight excluding hydrogens is 368 g/mol. The highest BCUT2D eigenvalue weighted by molar-refractivity contribution is 8.00. The van der Waals surface area contributed by atoms with Crippen molar-refractivity contribution in [1.82, 2.24) is 4.90 Å². The number of hydrogen-bond acceptors (Lipinski definition) is 3. The summed E-state index contributed by atoms with van der Waals surface area (Å²) < 4.78 is 0. The number of thioether (sulfide) groups is 1. The second-order valence-corrected chi connectivity index (χ2v) is 8.42. The van der Waals surface area contributed by atoms with Crippen LogP contribution in [-0.2, 0) is 14.5 Å². The predicted molar refractivity (Wildman–Crippen MR) is 105 cm³/mol. The van der Waals surface area contributed by atoms with Gasteiger partial charge in [0.1, 0.15) is 10.9 Å². The Kier molecular flexibility index (Phi) is 4.45. The number of anilines is 1. The van der Waals surface area contributed by atoms with Gasteiger partial charge in [-0.05, 0) is 42.7 Å². The molecule has 2 saturated heterocycles. The fourth-order valence-corrected chi connectivity index (χ4v) is 5.70. The van der Waals surface area contributed by atoms with Crippen LogP contribution in [0.4, 0.5) is 5.69 Å². The lowest BCUT2D eigenvalue weighted by molar-refractivity contribution is -0.136. The highest BCUT2D eigenvalue weighted by atomic mass is 35.5. The monoisotopic (exact) mass is 386 g/mol. The fourth-order valence-electron chi connectivity index (χ4n) is 3.82. The third-order valence-corrected chi connectivity index (χ3v) is 6.93. The summed E-state index contributed by atoms with van der Waals surface area (Å²) in [6, 6.07) is 14.9. The van der Waals surface area contributed by atoms with Crippen LogP contribution in [0.25, 0.3) is 0 Å². The van der Waals surface area contributed by atoms with E-state index in [2.05, 4.69) is 5.32 Å². The molecule has 2 aliphatic rings. The maximum absolute atomic E-state index is 13.0. The summed E-state index contributed by atoms with van der Waals surface area (Å²) >= 11 is 7.68. The molecular formula is C20H19ClN2O2S. The highest BCUT2D eigenvalue weighted by Crippen LogP contribution is 2.54. The summed E-state index contributed by atoms with van der Waals surface area (Å²) in [5, 5.41) is 3.61. The molecule has 2 aromatic carbocycles. The summed E-state index contributed by atoms with van der Waals surface area (Å²) in [7, 11) is 0. The first-order chi connectivity index (χ1) is 12.5. The van der Waals surface area contributed by atoms with Crippen LogP contribution in [0.1, 0.15) is 24.0 Å². The van der Waals surface area contributed by atoms with Gasteiger partial charge in [0.25, 0.3) is 0 Å². The minimum absolute atomic E-state index is 0.0480. The molecule has 6 heteroatoms. The molecule has 4 nitrogen and oxygen atoms in total. The Balaban J connectivity index is 1.62. The van der Waals surface area contributed by atoms with Crippen molar-refractivity contribution in [2.45, 2.75) is 30.7 Å². The first kappa shape index (κ1) is 17.4. The SMILES string of the molecule is Cc1cc(Cl)ccc1NC(=O)[C@H]1CS[C@@]2(c3ccccc3)CCC(=O)N12. The summed E-state index contributed by atoms with van der Waals surface area (Å²) in [6.45, 7) is 1.90. The Hall–Kier alpha value is -1.98. The molecule has 0 radical (unpaired) electrons. The van der Waals surface area contributed by atoms with Gasteiger partial charge in [0, 0.05) is 22.9 Å². The largest absolute Gasteiger partial charge is 0.324 e. The number of halogens is 1. The molecule has 134 valence electrons. The van der Waals surface area contributed by atoms with E-state index in [0.29, 0.717) is 17.2 Å². The van der Waals surface area contributed by atoms with Crippen molar-refractivity contribution < 1.29 is 9.59 Å². The average molecular weight is 387 g/mol. The summed E-state index contributed by atoms with van der Waals surface area (Å²) in [4.78, 5) is 27.0. The Morgan fingerprint density at radius 3 is 2.77 bits per heavy atom. The first-order valence-corrected chi connectivity index (χ1v) is 9.96. The molecule has 1 N–H and O–H groups in total. The molecule has 0 aromatic heterocycles. The minimum atomic E-state index is -0.467. The van der Waals surface area contributed by atoms with E-state index in [1.165, 1.54) is 0 Å². The molecule has 2 aliphatic heterocycles. The second kappa shape index (κ2) is 6.63. The number of carbonyl (C=O) groups is 2. The Morgan fingerprint density at radius 2 is 2.04 bits per heavy atom. The molecule has 26 heavy (non-hydrogen) atoms. The van der Waals surface area contributed by atoms with Gasteiger partial charge in [-0.2, -0.15) is 0 Å². The number of nitrogens with zero attached hydrogens (tertiary/aromatic N) is 1. The van der Waals surface area contributed by atoms with Crippen LogP contribution in [0.3, 0.4) is 0 Å². The van der Waals surface area contributed by atoms with E-state index < -0.39 is 10.9 Å². The van der Waals surface area contributed by atoms with Gasteiger partial charge in [-0.25, -0.2) is 0 Å². The zero-order valence-corrected chi connectivity index (χ0v) is 15.9. The van der Waals surface area contributed by atoms with Gasteiger partial charge in [0.05, 0.1) is 0 Å². The average Bonchev–Trinajstić information content (AvgIpc) is 3.18. The molecule has 2 amide bonds. The van der Waals surface area contributed by atoms with Crippen LogP contribution in [0.15, 0.2) is 48.5 Å². The van der Waals surface area contributed by atoms with Crippen molar-refractivity contribution in [3.05, 3.63) is 64.7 Å². The third kappa shape index (κ3) is 2.79. The van der Waals surface area contributed by atoms with Crippen molar-refractivity contribution in [3.8, 4) is 0 Å². The maximum atomic E-state index is 13.0. The molecule has 2 atom stereocenters. The van der Waals surface area contributed by atoms with Crippen molar-refractivity contribution in [1.29, 1.82) is 0 Å². The maximum Gasteiger partial charge on any atom is 0.248 e. The van der Waals surface area contributed by atoms with Crippen molar-refractivity contribution >= 4 is 40.9 Å². The Labute approximate surface area is 161 Å². The quantitative estimate of drug-likeness (QED) is 0.860. The van der Waals surface area contributed by atoms with Crippen molar-refractivity contribution in [2.24, 2.45) is 0 Å². The minimum Gasteiger partial charge on any atom is -0.324 e. The van der Waals surface area contributed by atoms with Crippen molar-refractivity contribution in [2.75, 3.05) is 11.1 Å². The van der Waals surface area contributed by atoms with Gasteiger partial charge in [0.2, 0.25) is 11.8 Å². The van der Waals surface area contributed by atoms with E-state index in [1.807, 2.05) is 43.3 Å². The van der Waals surface area contributed by atoms with E-state index in [4.69, 9.17) is 11.6 Å². The van der Waals surface area contributed by atoms with E-state index in [0.717, 1.165) is 23.2 Å². The van der Waals surface area contributed by atoms with Crippen LogP contribution in [0.2, 0.25) is 5.02 Å². The lowest BCUT2D eigenvalue weighted by Gasteiger charge is -2.34. The number of benzene rings is 2. The van der Waals surface area contributed by atoms with Crippen molar-refractivity contribution in [3.63, 3.8) is 0 Å². The topological polar surface area (TPSA) is 49.4 Å². The lowest BCUT2D eigenvalue weighted by atomic mass is 10.0. The van der Waals surface area contributed by atoms with E-state index in [-0.39, 0.29) is 11.8 Å². The van der Waals surface area contributed by atoms with E-state index in [1.54, 1.807) is 28.8 Å². The van der Waals surface area contributed by atoms with Crippen LogP contribution in [0, 0.1) is 6.92 Å². The zero-order chi connectivity index (χ0) is 18.3. The number of rotatable bonds is 3. The number of fused-ring (bicyclic) bond motifs is 1. The van der Waals surface area contributed by atoms with Gasteiger partial charge in [0.15, 0.2) is 0 Å². The van der Waals surface area contributed by atoms with Gasteiger partial charge in [-0.1, -0.05) is 41.9 Å². The Morgan fingerprint density at radius 1 is 1.27 bits per heavy atom. The molecule has 0 unspecified atom stereocenters. The fraction of sp³-hybridized carbons (Fsp3) is 0.300. The zero-order valence-electron chi connectivity index (χ0n) is 14.4. The van der Waals surface area contributed by atoms with Gasteiger partial charge < -0.3 is 10.2 Å². The van der Waals surface area contributed by atoms with Gasteiger partial charge in [-0.15, -0.1) is 11.8 Å². The van der Waals surface area contributed by atoms with E-state index >= 15 is 0 Å². The second-order valence-electron chi connectivity index (χ2n) is 6.69.